The Morgan fingerprint density at radius 3 is 1.78 bits per heavy atom. The first-order valence-corrected chi connectivity index (χ1v) is 5.38. The van der Waals surface area contributed by atoms with Crippen molar-refractivity contribution in [2.24, 2.45) is 0 Å². The van der Waals surface area contributed by atoms with Crippen LogP contribution in [0.5, 0.6) is 0 Å². The summed E-state index contributed by atoms with van der Waals surface area (Å²) in [6.45, 7) is 1.70. The van der Waals surface area contributed by atoms with Gasteiger partial charge in [-0.3, -0.25) is 9.18 Å². The fourth-order valence-electron chi connectivity index (χ4n) is 0.887. The van der Waals surface area contributed by atoms with Crippen molar-refractivity contribution in [1.82, 2.24) is 0 Å². The van der Waals surface area contributed by atoms with Gasteiger partial charge in [-0.1, -0.05) is 26.6 Å². The van der Waals surface area contributed by atoms with E-state index in [0.29, 0.717) is 14.1 Å². The highest BCUT2D eigenvalue weighted by Crippen LogP contribution is 2.33. The zero-order valence-corrected chi connectivity index (χ0v) is 10.1. The summed E-state index contributed by atoms with van der Waals surface area (Å²) < 4.78 is 59.5. The normalized spacial score (nSPS) is 10.4. The third-order valence-corrected chi connectivity index (χ3v) is 2.16. The summed E-state index contributed by atoms with van der Waals surface area (Å²) in [6.07, 6.45) is -2.15. The molecule has 1 nitrogen and oxygen atoms in total. The molecule has 0 fully saturated rings. The molecule has 0 rings (SSSR count). The third-order valence-electron chi connectivity index (χ3n) is 1.34. The second-order valence-electron chi connectivity index (χ2n) is 3.19. The molecule has 0 aliphatic heterocycles. The van der Waals surface area contributed by atoms with Crippen molar-refractivity contribution >= 4 is 16.9 Å². The van der Waals surface area contributed by atoms with Crippen LogP contribution in [0, 0.1) is 0 Å². The molecule has 0 aromatic carbocycles. The summed E-state index contributed by atoms with van der Waals surface area (Å²) in [5.74, 6) is -6.90. The van der Waals surface area contributed by atoms with E-state index in [9.17, 15) is 26.7 Å². The number of rotatable bonds is 5. The molecular formula is C11H23F5OS. The first kappa shape index (κ1) is 26.3. The highest BCUT2D eigenvalue weighted by atomic mass is 32.2. The summed E-state index contributed by atoms with van der Waals surface area (Å²) in [4.78, 5) is 10.4. The van der Waals surface area contributed by atoms with E-state index in [-0.39, 0.29) is 25.7 Å². The minimum Gasteiger partial charge on any atom is -0.288 e. The van der Waals surface area contributed by atoms with Gasteiger partial charge in [-0.05, 0) is 6.92 Å². The Hall–Kier alpha value is -0.330. The Bertz CT molecular complexity index is 204. The van der Waals surface area contributed by atoms with Crippen LogP contribution in [0.15, 0.2) is 0 Å². The Kier molecular flexibility index (Phi) is 17.1. The topological polar surface area (TPSA) is 17.1 Å². The van der Waals surface area contributed by atoms with Crippen molar-refractivity contribution in [3.63, 3.8) is 0 Å². The molecule has 0 radical (unpaired) electrons. The van der Waals surface area contributed by atoms with Crippen LogP contribution in [0.25, 0.3) is 0 Å². The highest BCUT2D eigenvalue weighted by Gasteiger charge is 2.39. The van der Waals surface area contributed by atoms with Crippen molar-refractivity contribution in [3.8, 4) is 0 Å². The van der Waals surface area contributed by atoms with Gasteiger partial charge in [0.05, 0.1) is 13.6 Å². The van der Waals surface area contributed by atoms with Gasteiger partial charge in [0, 0.05) is 19.1 Å². The Morgan fingerprint density at radius 2 is 1.50 bits per heavy atom. The quantitative estimate of drug-likeness (QED) is 0.649. The molecule has 0 aromatic rings. The molecule has 0 N–H and O–H groups in total. The molecule has 0 aliphatic carbocycles. The molecule has 7 heteroatoms. The predicted octanol–water partition coefficient (Wildman–Crippen LogP) is 5.19. The summed E-state index contributed by atoms with van der Waals surface area (Å²) in [7, 11) is 0.500. The van der Waals surface area contributed by atoms with Crippen molar-refractivity contribution in [2.75, 3.05) is 12.9 Å². The maximum Gasteiger partial charge on any atom is 0.254 e. The molecule has 0 bridgehead atoms. The lowest BCUT2D eigenvalue weighted by Gasteiger charge is -2.19. The van der Waals surface area contributed by atoms with Gasteiger partial charge in [-0.2, -0.15) is 0 Å². The van der Waals surface area contributed by atoms with E-state index in [4.69, 9.17) is 0 Å². The number of hydrogen-bond donors (Lipinski definition) is 0. The standard InChI is InChI=1S/C8H12F4OS.CH3F.2CH4/c1-6(13)14-4-3-8(11,12)5-7(2,9)10;1-2;;/h3-5H2,1-2H3;1H3;2*1H4. The monoisotopic (exact) mass is 298 g/mol. The largest absolute Gasteiger partial charge is 0.288 e. The van der Waals surface area contributed by atoms with Crippen LogP contribution >= 0.6 is 11.8 Å². The number of carbonyl (C=O) groups is 1. The Balaban J connectivity index is -0.000000232. The summed E-state index contributed by atoms with van der Waals surface area (Å²) in [5, 5.41) is -0.288. The van der Waals surface area contributed by atoms with Crippen LogP contribution in [0.4, 0.5) is 22.0 Å². The van der Waals surface area contributed by atoms with E-state index >= 15 is 0 Å². The lowest BCUT2D eigenvalue weighted by atomic mass is 10.1. The van der Waals surface area contributed by atoms with Crippen LogP contribution in [0.3, 0.4) is 0 Å². The number of halogens is 5. The molecule has 0 atom stereocenters. The van der Waals surface area contributed by atoms with E-state index in [1.165, 1.54) is 6.92 Å². The van der Waals surface area contributed by atoms with Crippen LogP contribution in [0.2, 0.25) is 0 Å². The van der Waals surface area contributed by atoms with Gasteiger partial charge in [-0.25, -0.2) is 17.6 Å². The second-order valence-corrected chi connectivity index (χ2v) is 4.46. The van der Waals surface area contributed by atoms with Gasteiger partial charge in [0.2, 0.25) is 0 Å². The fraction of sp³-hybridized carbons (Fsp3) is 0.909. The minimum atomic E-state index is -3.40. The molecule has 0 amide bonds. The van der Waals surface area contributed by atoms with Gasteiger partial charge in [0.25, 0.3) is 11.8 Å². The third kappa shape index (κ3) is 21.0. The Morgan fingerprint density at radius 1 is 1.11 bits per heavy atom. The minimum absolute atomic E-state index is 0. The number of alkyl halides is 5. The molecule has 0 spiro atoms. The maximum atomic E-state index is 12.8. The fourth-order valence-corrected chi connectivity index (χ4v) is 1.57. The first-order chi connectivity index (χ1) is 7.12. The van der Waals surface area contributed by atoms with Crippen LogP contribution in [0.1, 0.15) is 41.5 Å². The van der Waals surface area contributed by atoms with Crippen LogP contribution in [-0.4, -0.2) is 29.9 Å². The van der Waals surface area contributed by atoms with Gasteiger partial charge in [0.1, 0.15) is 0 Å². The zero-order valence-electron chi connectivity index (χ0n) is 9.33. The van der Waals surface area contributed by atoms with E-state index in [1.807, 2.05) is 0 Å². The van der Waals surface area contributed by atoms with E-state index < -0.39 is 24.7 Å². The first-order valence-electron chi connectivity index (χ1n) is 4.39. The lowest BCUT2D eigenvalue weighted by molar-refractivity contribution is -0.109. The van der Waals surface area contributed by atoms with E-state index in [0.717, 1.165) is 11.8 Å². The summed E-state index contributed by atoms with van der Waals surface area (Å²) in [6, 6.07) is 0. The number of thioether (sulfide) groups is 1. The lowest BCUT2D eigenvalue weighted by Crippen LogP contribution is -2.27. The van der Waals surface area contributed by atoms with Gasteiger partial charge in [0.15, 0.2) is 5.12 Å². The molecule has 0 aliphatic rings. The van der Waals surface area contributed by atoms with Crippen LogP contribution in [-0.2, 0) is 4.79 Å². The van der Waals surface area contributed by atoms with Gasteiger partial charge < -0.3 is 0 Å². The molecule has 0 saturated heterocycles. The SMILES string of the molecule is C.C.CC(=O)SCCC(F)(F)CC(C)(F)F.CF. The summed E-state index contributed by atoms with van der Waals surface area (Å²) in [5.41, 5.74) is 0. The van der Waals surface area contributed by atoms with Gasteiger partial charge >= 0.3 is 0 Å². The zero-order chi connectivity index (χ0) is 13.4. The second kappa shape index (κ2) is 11.7. The van der Waals surface area contributed by atoms with E-state index in [2.05, 4.69) is 0 Å². The average molecular weight is 298 g/mol. The van der Waals surface area contributed by atoms with Crippen LogP contribution < -0.4 is 0 Å². The smallest absolute Gasteiger partial charge is 0.254 e. The van der Waals surface area contributed by atoms with Crippen molar-refractivity contribution in [1.29, 1.82) is 0 Å². The summed E-state index contributed by atoms with van der Waals surface area (Å²) >= 11 is 0.720. The molecule has 0 aromatic heterocycles. The van der Waals surface area contributed by atoms with Gasteiger partial charge in [-0.15, -0.1) is 0 Å². The van der Waals surface area contributed by atoms with Crippen molar-refractivity contribution < 1.29 is 26.7 Å². The molecule has 0 heterocycles. The van der Waals surface area contributed by atoms with Crippen molar-refractivity contribution in [3.05, 3.63) is 0 Å². The Labute approximate surface area is 111 Å². The average Bonchev–Trinajstić information content (AvgIpc) is 2.01. The number of hydrogen-bond acceptors (Lipinski definition) is 2. The number of carbonyl (C=O) groups excluding carboxylic acids is 1. The van der Waals surface area contributed by atoms with E-state index in [1.54, 1.807) is 0 Å². The maximum absolute atomic E-state index is 12.8. The van der Waals surface area contributed by atoms with Crippen molar-refractivity contribution in [2.45, 2.75) is 53.4 Å². The molecule has 0 unspecified atom stereocenters. The molecule has 18 heavy (non-hydrogen) atoms. The predicted molar refractivity (Wildman–Crippen MR) is 68.4 cm³/mol. The molecule has 114 valence electrons. The molecule has 0 saturated carbocycles. The molecular weight excluding hydrogens is 275 g/mol. The highest BCUT2D eigenvalue weighted by molar-refractivity contribution is 8.13.